The van der Waals surface area contributed by atoms with E-state index in [0.717, 1.165) is 22.5 Å². The molecule has 86 valence electrons. The number of rotatable bonds is 5. The molecule has 2 rings (SSSR count). The number of ether oxygens (including phenoxy) is 1. The third kappa shape index (κ3) is 3.09. The van der Waals surface area contributed by atoms with E-state index in [4.69, 9.17) is 4.74 Å². The van der Waals surface area contributed by atoms with Crippen LogP contribution in [0.5, 0.6) is 5.75 Å². The van der Waals surface area contributed by atoms with Crippen molar-refractivity contribution in [2.75, 3.05) is 0 Å². The first-order valence-electron chi connectivity index (χ1n) is 5.17. The van der Waals surface area contributed by atoms with Crippen LogP contribution in [0.25, 0.3) is 0 Å². The van der Waals surface area contributed by atoms with Gasteiger partial charge in [0.15, 0.2) is 5.75 Å². The Bertz CT molecular complexity index is 452. The van der Waals surface area contributed by atoms with Crippen LogP contribution in [0.4, 0.5) is 0 Å². The summed E-state index contributed by atoms with van der Waals surface area (Å²) in [6, 6.07) is 4.09. The maximum Gasteiger partial charge on any atom is 0.157 e. The molecule has 0 unspecified atom stereocenters. The topological polar surface area (TPSA) is 27.1 Å². The summed E-state index contributed by atoms with van der Waals surface area (Å²) in [5.41, 5.74) is 0. The highest BCUT2D eigenvalue weighted by atomic mass is 79.9. The molecule has 0 aromatic carbocycles. The van der Waals surface area contributed by atoms with Crippen LogP contribution in [-0.4, -0.2) is 9.78 Å². The molecule has 0 N–H and O–H groups in total. The molecule has 0 aliphatic rings. The normalized spacial score (nSPS) is 10.6. The number of hydrogen-bond donors (Lipinski definition) is 0. The Balaban J connectivity index is 1.89. The molecule has 16 heavy (non-hydrogen) atoms. The highest BCUT2D eigenvalue weighted by Crippen LogP contribution is 2.23. The second-order valence-corrected chi connectivity index (χ2v) is 5.98. The molecule has 0 amide bonds. The van der Waals surface area contributed by atoms with Gasteiger partial charge in [0.05, 0.1) is 16.2 Å². The standard InChI is InChI=1S/C11H13BrN2OS/c1-2-5-14-7-9(6-13-14)15-8-10-3-4-11(12)16-10/h3-4,6-7H,2,5,8H2,1H3. The quantitative estimate of drug-likeness (QED) is 0.842. The fourth-order valence-corrected chi connectivity index (χ4v) is 2.75. The lowest BCUT2D eigenvalue weighted by Crippen LogP contribution is -1.96. The largest absolute Gasteiger partial charge is 0.485 e. The molecule has 0 aliphatic carbocycles. The van der Waals surface area contributed by atoms with Gasteiger partial charge in [0.25, 0.3) is 0 Å². The highest BCUT2D eigenvalue weighted by Gasteiger charge is 2.01. The molecule has 0 spiro atoms. The summed E-state index contributed by atoms with van der Waals surface area (Å²) < 4.78 is 8.67. The number of hydrogen-bond acceptors (Lipinski definition) is 3. The zero-order valence-corrected chi connectivity index (χ0v) is 11.4. The van der Waals surface area contributed by atoms with E-state index in [1.165, 1.54) is 4.88 Å². The number of thiophene rings is 1. The van der Waals surface area contributed by atoms with Crippen LogP contribution in [-0.2, 0) is 13.2 Å². The van der Waals surface area contributed by atoms with Gasteiger partial charge in [-0.3, -0.25) is 4.68 Å². The van der Waals surface area contributed by atoms with Gasteiger partial charge in [0, 0.05) is 11.4 Å². The summed E-state index contributed by atoms with van der Waals surface area (Å²) in [5.74, 6) is 0.831. The first-order valence-corrected chi connectivity index (χ1v) is 6.78. The van der Waals surface area contributed by atoms with Crippen LogP contribution in [0.1, 0.15) is 18.2 Å². The summed E-state index contributed by atoms with van der Waals surface area (Å²) >= 11 is 5.12. The van der Waals surface area contributed by atoms with E-state index in [1.807, 2.05) is 16.9 Å². The molecule has 2 aromatic heterocycles. The molecule has 0 saturated heterocycles. The summed E-state index contributed by atoms with van der Waals surface area (Å²) in [6.45, 7) is 3.67. The maximum atomic E-state index is 5.64. The van der Waals surface area contributed by atoms with E-state index in [9.17, 15) is 0 Å². The maximum absolute atomic E-state index is 5.64. The third-order valence-electron chi connectivity index (χ3n) is 2.07. The molecule has 0 radical (unpaired) electrons. The smallest absolute Gasteiger partial charge is 0.157 e. The van der Waals surface area contributed by atoms with Crippen molar-refractivity contribution in [3.05, 3.63) is 33.2 Å². The van der Waals surface area contributed by atoms with Crippen molar-refractivity contribution in [1.82, 2.24) is 9.78 Å². The predicted molar refractivity (Wildman–Crippen MR) is 68.9 cm³/mol. The molecule has 5 heteroatoms. The van der Waals surface area contributed by atoms with Gasteiger partial charge in [0.2, 0.25) is 0 Å². The van der Waals surface area contributed by atoms with Crippen LogP contribution in [0.2, 0.25) is 0 Å². The first-order chi connectivity index (χ1) is 7.78. The summed E-state index contributed by atoms with van der Waals surface area (Å²) in [6.07, 6.45) is 4.78. The van der Waals surface area contributed by atoms with Gasteiger partial charge in [0.1, 0.15) is 6.61 Å². The Kier molecular flexibility index (Phi) is 4.01. The van der Waals surface area contributed by atoms with E-state index in [-0.39, 0.29) is 0 Å². The van der Waals surface area contributed by atoms with E-state index >= 15 is 0 Å². The zero-order valence-electron chi connectivity index (χ0n) is 9.02. The Labute approximate surface area is 107 Å². The molecule has 0 atom stereocenters. The minimum atomic E-state index is 0.605. The average Bonchev–Trinajstić information content (AvgIpc) is 2.85. The summed E-state index contributed by atoms with van der Waals surface area (Å²) in [4.78, 5) is 1.20. The Hall–Kier alpha value is -0.810. The van der Waals surface area contributed by atoms with Gasteiger partial charge < -0.3 is 4.74 Å². The van der Waals surface area contributed by atoms with Crippen molar-refractivity contribution in [1.29, 1.82) is 0 Å². The van der Waals surface area contributed by atoms with Crippen molar-refractivity contribution in [3.8, 4) is 5.75 Å². The minimum Gasteiger partial charge on any atom is -0.485 e. The van der Waals surface area contributed by atoms with Gasteiger partial charge in [-0.1, -0.05) is 6.92 Å². The lowest BCUT2D eigenvalue weighted by Gasteiger charge is -2.00. The number of aryl methyl sites for hydroxylation is 1. The minimum absolute atomic E-state index is 0.605. The van der Waals surface area contributed by atoms with E-state index in [2.05, 4.69) is 34.0 Å². The number of nitrogens with zero attached hydrogens (tertiary/aromatic N) is 2. The van der Waals surface area contributed by atoms with Crippen molar-refractivity contribution in [2.24, 2.45) is 0 Å². The van der Waals surface area contributed by atoms with Crippen LogP contribution < -0.4 is 4.74 Å². The monoisotopic (exact) mass is 300 g/mol. The van der Waals surface area contributed by atoms with Crippen LogP contribution in [0, 0.1) is 0 Å². The molecule has 0 bridgehead atoms. The molecule has 2 heterocycles. The van der Waals surface area contributed by atoms with Gasteiger partial charge in [-0.2, -0.15) is 5.10 Å². The summed E-state index contributed by atoms with van der Waals surface area (Å²) in [5, 5.41) is 4.21. The van der Waals surface area contributed by atoms with Crippen LogP contribution in [0.15, 0.2) is 28.3 Å². The van der Waals surface area contributed by atoms with E-state index in [1.54, 1.807) is 17.5 Å². The molecular weight excluding hydrogens is 288 g/mol. The van der Waals surface area contributed by atoms with Crippen molar-refractivity contribution in [3.63, 3.8) is 0 Å². The SMILES string of the molecule is CCCn1cc(OCc2ccc(Br)s2)cn1. The van der Waals surface area contributed by atoms with Gasteiger partial charge in [-0.25, -0.2) is 0 Å². The molecular formula is C11H13BrN2OS. The van der Waals surface area contributed by atoms with Gasteiger partial charge in [-0.15, -0.1) is 11.3 Å². The van der Waals surface area contributed by atoms with Crippen LogP contribution in [0.3, 0.4) is 0 Å². The lowest BCUT2D eigenvalue weighted by atomic mass is 10.5. The molecule has 0 aliphatic heterocycles. The predicted octanol–water partition coefficient (Wildman–Crippen LogP) is 3.70. The van der Waals surface area contributed by atoms with Gasteiger partial charge >= 0.3 is 0 Å². The Morgan fingerprint density at radius 1 is 1.50 bits per heavy atom. The molecule has 0 saturated carbocycles. The van der Waals surface area contributed by atoms with Crippen LogP contribution >= 0.6 is 27.3 Å². The first kappa shape index (κ1) is 11.7. The van der Waals surface area contributed by atoms with Gasteiger partial charge in [-0.05, 0) is 34.5 Å². The zero-order chi connectivity index (χ0) is 11.4. The van der Waals surface area contributed by atoms with E-state index in [0.29, 0.717) is 6.61 Å². The second kappa shape index (κ2) is 5.50. The molecule has 3 nitrogen and oxygen atoms in total. The molecule has 2 aromatic rings. The van der Waals surface area contributed by atoms with E-state index < -0.39 is 0 Å². The Morgan fingerprint density at radius 3 is 3.06 bits per heavy atom. The molecule has 0 fully saturated rings. The summed E-state index contributed by atoms with van der Waals surface area (Å²) in [7, 11) is 0. The number of aromatic nitrogens is 2. The number of halogens is 1. The second-order valence-electron chi connectivity index (χ2n) is 3.43. The fraction of sp³-hybridized carbons (Fsp3) is 0.364. The average molecular weight is 301 g/mol. The highest BCUT2D eigenvalue weighted by molar-refractivity contribution is 9.11. The third-order valence-corrected chi connectivity index (χ3v) is 3.67. The van der Waals surface area contributed by atoms with Crippen molar-refractivity contribution >= 4 is 27.3 Å². The fourth-order valence-electron chi connectivity index (χ4n) is 1.35. The van der Waals surface area contributed by atoms with Crippen molar-refractivity contribution in [2.45, 2.75) is 26.5 Å². The van der Waals surface area contributed by atoms with Crippen molar-refractivity contribution < 1.29 is 4.74 Å². The lowest BCUT2D eigenvalue weighted by molar-refractivity contribution is 0.309. The Morgan fingerprint density at radius 2 is 2.38 bits per heavy atom.